The molecule has 0 spiro atoms. The first-order valence-electron chi connectivity index (χ1n) is 37.7. The standard InChI is InChI=1S/C73H142O17P2/c1-9-66(8)52-44-36-30-32-38-46-54-71(76)84-60-69(90-73(78)56-48-40-31-29-35-43-51-65(6)7)62-88-92(81,82)86-58-67(74)57-85-91(79,80)87-61-68(89-72(77)55-47-39-28-24-20-16-15-18-22-26-34-42-50-64(4)5)59-83-70(75)53-45-37-27-23-19-14-12-10-11-13-17-21-25-33-41-49-63(2)3/h63-69,74H,9-62H2,1-8H3,(H,79,80)(H,81,82)/t66?,67-,68-,69-/m1/s1. The van der Waals surface area contributed by atoms with Crippen LogP contribution < -0.4 is 0 Å². The van der Waals surface area contributed by atoms with Gasteiger partial charge in [0.1, 0.15) is 19.3 Å². The van der Waals surface area contributed by atoms with E-state index >= 15 is 0 Å². The molecule has 3 unspecified atom stereocenters. The molecule has 17 nitrogen and oxygen atoms in total. The molecule has 0 saturated carbocycles. The van der Waals surface area contributed by atoms with E-state index in [1.54, 1.807) is 0 Å². The predicted octanol–water partition coefficient (Wildman–Crippen LogP) is 20.9. The summed E-state index contributed by atoms with van der Waals surface area (Å²) >= 11 is 0. The molecular formula is C73H142O17P2. The Kier molecular flexibility index (Phi) is 61.3. The van der Waals surface area contributed by atoms with Crippen LogP contribution in [0.5, 0.6) is 0 Å². The van der Waals surface area contributed by atoms with E-state index in [0.29, 0.717) is 31.6 Å². The Morgan fingerprint density at radius 3 is 0.772 bits per heavy atom. The van der Waals surface area contributed by atoms with Crippen LogP contribution in [0.15, 0.2) is 0 Å². The molecule has 0 aliphatic rings. The molecule has 92 heavy (non-hydrogen) atoms. The number of hydrogen-bond acceptors (Lipinski definition) is 15. The van der Waals surface area contributed by atoms with Crippen molar-refractivity contribution in [1.82, 2.24) is 0 Å². The van der Waals surface area contributed by atoms with E-state index in [9.17, 15) is 43.2 Å². The largest absolute Gasteiger partial charge is 0.472 e. The summed E-state index contributed by atoms with van der Waals surface area (Å²) < 4.78 is 68.3. The number of phosphoric ester groups is 2. The van der Waals surface area contributed by atoms with Crippen molar-refractivity contribution in [3.63, 3.8) is 0 Å². The van der Waals surface area contributed by atoms with Gasteiger partial charge in [-0.3, -0.25) is 37.3 Å². The van der Waals surface area contributed by atoms with Gasteiger partial charge in [0.05, 0.1) is 26.4 Å². The molecule has 0 aromatic carbocycles. The molecule has 546 valence electrons. The maximum Gasteiger partial charge on any atom is 0.472 e. The molecule has 0 aromatic heterocycles. The highest BCUT2D eigenvalue weighted by Crippen LogP contribution is 2.45. The van der Waals surface area contributed by atoms with Crippen LogP contribution in [0, 0.1) is 23.7 Å². The van der Waals surface area contributed by atoms with Gasteiger partial charge in [-0.2, -0.15) is 0 Å². The van der Waals surface area contributed by atoms with Crippen molar-refractivity contribution in [2.45, 2.75) is 382 Å². The second-order valence-corrected chi connectivity index (χ2v) is 30.9. The lowest BCUT2D eigenvalue weighted by Gasteiger charge is -2.21. The Morgan fingerprint density at radius 2 is 0.522 bits per heavy atom. The van der Waals surface area contributed by atoms with Crippen LogP contribution in [0.1, 0.15) is 364 Å². The van der Waals surface area contributed by atoms with Gasteiger partial charge in [0.25, 0.3) is 0 Å². The number of carbonyl (C=O) groups excluding carboxylic acids is 4. The molecule has 0 aromatic rings. The molecule has 0 aliphatic heterocycles. The van der Waals surface area contributed by atoms with Crippen LogP contribution in [0.25, 0.3) is 0 Å². The Labute approximate surface area is 562 Å². The zero-order chi connectivity index (χ0) is 68.2. The number of esters is 4. The van der Waals surface area contributed by atoms with Crippen LogP contribution in [0.2, 0.25) is 0 Å². The molecule has 19 heteroatoms. The highest BCUT2D eigenvalue weighted by atomic mass is 31.2. The average molecular weight is 1350 g/mol. The third-order valence-electron chi connectivity index (χ3n) is 17.2. The molecule has 3 N–H and O–H groups in total. The lowest BCUT2D eigenvalue weighted by Crippen LogP contribution is -2.30. The van der Waals surface area contributed by atoms with Crippen LogP contribution in [0.3, 0.4) is 0 Å². The summed E-state index contributed by atoms with van der Waals surface area (Å²) in [6.45, 7) is 14.1. The predicted molar refractivity (Wildman–Crippen MR) is 372 cm³/mol. The van der Waals surface area contributed by atoms with Crippen molar-refractivity contribution < 1.29 is 80.2 Å². The van der Waals surface area contributed by atoms with Crippen LogP contribution in [0.4, 0.5) is 0 Å². The minimum Gasteiger partial charge on any atom is -0.462 e. The van der Waals surface area contributed by atoms with Gasteiger partial charge in [0.2, 0.25) is 0 Å². The van der Waals surface area contributed by atoms with E-state index in [1.807, 2.05) is 0 Å². The van der Waals surface area contributed by atoms with Crippen molar-refractivity contribution in [1.29, 1.82) is 0 Å². The third-order valence-corrected chi connectivity index (χ3v) is 19.1. The first kappa shape index (κ1) is 90.1. The molecule has 0 saturated heterocycles. The highest BCUT2D eigenvalue weighted by Gasteiger charge is 2.30. The fourth-order valence-corrected chi connectivity index (χ4v) is 12.6. The second kappa shape index (κ2) is 62.6. The highest BCUT2D eigenvalue weighted by molar-refractivity contribution is 7.47. The van der Waals surface area contributed by atoms with Crippen molar-refractivity contribution in [2.75, 3.05) is 39.6 Å². The number of phosphoric acid groups is 2. The fraction of sp³-hybridized carbons (Fsp3) is 0.945. The van der Waals surface area contributed by atoms with Crippen molar-refractivity contribution in [3.8, 4) is 0 Å². The first-order chi connectivity index (χ1) is 44.1. The molecule has 6 atom stereocenters. The van der Waals surface area contributed by atoms with Crippen molar-refractivity contribution in [3.05, 3.63) is 0 Å². The van der Waals surface area contributed by atoms with E-state index in [1.165, 1.54) is 161 Å². The van der Waals surface area contributed by atoms with E-state index in [4.69, 9.17) is 37.0 Å². The van der Waals surface area contributed by atoms with Gasteiger partial charge >= 0.3 is 39.5 Å². The van der Waals surface area contributed by atoms with Crippen molar-refractivity contribution in [2.24, 2.45) is 23.7 Å². The van der Waals surface area contributed by atoms with E-state index in [0.717, 1.165) is 114 Å². The van der Waals surface area contributed by atoms with Gasteiger partial charge in [-0.25, -0.2) is 9.13 Å². The number of rotatable bonds is 70. The van der Waals surface area contributed by atoms with Gasteiger partial charge in [-0.05, 0) is 49.4 Å². The quantitative estimate of drug-likeness (QED) is 0.0222. The summed E-state index contributed by atoms with van der Waals surface area (Å²) in [6, 6.07) is 0. The SMILES string of the molecule is CCC(C)CCCCCCCCC(=O)OC[C@H](COP(=O)(O)OC[C@H](O)COP(=O)(O)OC[C@@H](COC(=O)CCCCCCCCCCCCCCCCCC(C)C)OC(=O)CCCCCCCCCCCCCCC(C)C)OC(=O)CCCCCCCCC(C)C. The Hall–Kier alpha value is -1.94. The Balaban J connectivity index is 5.21. The van der Waals surface area contributed by atoms with Gasteiger partial charge in [-0.15, -0.1) is 0 Å². The number of ether oxygens (including phenoxy) is 4. The lowest BCUT2D eigenvalue weighted by molar-refractivity contribution is -0.161. The number of aliphatic hydroxyl groups excluding tert-OH is 1. The average Bonchev–Trinajstić information content (AvgIpc) is 1.40. The third kappa shape index (κ3) is 65.4. The summed E-state index contributed by atoms with van der Waals surface area (Å²) in [5.41, 5.74) is 0. The molecule has 0 radical (unpaired) electrons. The zero-order valence-corrected chi connectivity index (χ0v) is 62.0. The number of unbranched alkanes of at least 4 members (excludes halogenated alkanes) is 35. The summed E-state index contributed by atoms with van der Waals surface area (Å²) in [7, 11) is -9.91. The monoisotopic (exact) mass is 1350 g/mol. The van der Waals surface area contributed by atoms with Crippen LogP contribution >= 0.6 is 15.6 Å². The van der Waals surface area contributed by atoms with Crippen molar-refractivity contribution >= 4 is 39.5 Å². The maximum atomic E-state index is 13.1. The lowest BCUT2D eigenvalue weighted by atomic mass is 10.00. The molecule has 0 heterocycles. The maximum absolute atomic E-state index is 13.1. The van der Waals surface area contributed by atoms with E-state index in [2.05, 4.69) is 55.4 Å². The fourth-order valence-electron chi connectivity index (χ4n) is 11.0. The summed E-state index contributed by atoms with van der Waals surface area (Å²) in [4.78, 5) is 72.6. The summed E-state index contributed by atoms with van der Waals surface area (Å²) in [6.07, 6.45) is 46.1. The summed E-state index contributed by atoms with van der Waals surface area (Å²) in [5, 5.41) is 10.6. The Bertz CT molecular complexity index is 1820. The van der Waals surface area contributed by atoms with Crippen LogP contribution in [-0.2, 0) is 65.4 Å². The van der Waals surface area contributed by atoms with E-state index < -0.39 is 97.5 Å². The van der Waals surface area contributed by atoms with Gasteiger partial charge in [0, 0.05) is 25.7 Å². The summed E-state index contributed by atoms with van der Waals surface area (Å²) in [5.74, 6) is 0.853. The zero-order valence-electron chi connectivity index (χ0n) is 60.2. The molecule has 0 aliphatic carbocycles. The molecular weight excluding hydrogens is 1210 g/mol. The molecule has 0 rings (SSSR count). The minimum atomic E-state index is -4.96. The van der Waals surface area contributed by atoms with Crippen LogP contribution in [-0.4, -0.2) is 96.7 Å². The number of hydrogen-bond donors (Lipinski definition) is 3. The number of aliphatic hydroxyl groups is 1. The number of carbonyl (C=O) groups is 4. The smallest absolute Gasteiger partial charge is 0.462 e. The van der Waals surface area contributed by atoms with Gasteiger partial charge < -0.3 is 33.8 Å². The molecule has 0 bridgehead atoms. The van der Waals surface area contributed by atoms with Gasteiger partial charge in [-0.1, -0.05) is 312 Å². The van der Waals surface area contributed by atoms with Gasteiger partial charge in [0.15, 0.2) is 12.2 Å². The minimum absolute atomic E-state index is 0.101. The Morgan fingerprint density at radius 1 is 0.304 bits per heavy atom. The second-order valence-electron chi connectivity index (χ2n) is 28.0. The molecule has 0 amide bonds. The van der Waals surface area contributed by atoms with E-state index in [-0.39, 0.29) is 25.7 Å². The topological polar surface area (TPSA) is 237 Å². The first-order valence-corrected chi connectivity index (χ1v) is 40.7. The molecule has 0 fully saturated rings. The normalized spacial score (nSPS) is 14.5.